The predicted molar refractivity (Wildman–Crippen MR) is 131 cm³/mol. The number of hydrogen-bond donors (Lipinski definition) is 1. The smallest absolute Gasteiger partial charge is 0.261 e. The van der Waals surface area contributed by atoms with Crippen molar-refractivity contribution in [1.82, 2.24) is 10.2 Å². The highest BCUT2D eigenvalue weighted by atomic mass is 79.9. The monoisotopic (exact) mass is 500 g/mol. The lowest BCUT2D eigenvalue weighted by molar-refractivity contribution is -0.141. The predicted octanol–water partition coefficient (Wildman–Crippen LogP) is 4.96. The molecule has 1 saturated carbocycles. The molecule has 5 nitrogen and oxygen atoms in total. The van der Waals surface area contributed by atoms with E-state index in [4.69, 9.17) is 4.74 Å². The third-order valence-electron chi connectivity index (χ3n) is 6.13. The van der Waals surface area contributed by atoms with Gasteiger partial charge in [-0.05, 0) is 68.9 Å². The van der Waals surface area contributed by atoms with E-state index in [0.29, 0.717) is 18.7 Å². The molecule has 1 N–H and O–H groups in total. The summed E-state index contributed by atoms with van der Waals surface area (Å²) in [4.78, 5) is 27.7. The zero-order chi connectivity index (χ0) is 23.1. The van der Waals surface area contributed by atoms with Gasteiger partial charge >= 0.3 is 0 Å². The van der Waals surface area contributed by atoms with E-state index < -0.39 is 6.04 Å². The van der Waals surface area contributed by atoms with Gasteiger partial charge in [-0.15, -0.1) is 0 Å². The van der Waals surface area contributed by atoms with Gasteiger partial charge in [-0.2, -0.15) is 0 Å². The fraction of sp³-hybridized carbons (Fsp3) is 0.462. The van der Waals surface area contributed by atoms with Crippen LogP contribution in [0.2, 0.25) is 0 Å². The molecule has 0 radical (unpaired) electrons. The van der Waals surface area contributed by atoms with Gasteiger partial charge in [0.2, 0.25) is 5.91 Å². The van der Waals surface area contributed by atoms with Crippen molar-refractivity contribution < 1.29 is 14.3 Å². The van der Waals surface area contributed by atoms with E-state index in [-0.39, 0.29) is 24.5 Å². The molecule has 32 heavy (non-hydrogen) atoms. The molecule has 3 rings (SSSR count). The van der Waals surface area contributed by atoms with Gasteiger partial charge in [0.05, 0.1) is 0 Å². The Morgan fingerprint density at radius 1 is 1.12 bits per heavy atom. The van der Waals surface area contributed by atoms with Crippen LogP contribution in [0, 0.1) is 13.8 Å². The molecule has 1 fully saturated rings. The van der Waals surface area contributed by atoms with Crippen LogP contribution in [0.5, 0.6) is 5.75 Å². The quantitative estimate of drug-likeness (QED) is 0.528. The molecule has 6 heteroatoms. The summed E-state index contributed by atoms with van der Waals surface area (Å²) < 4.78 is 6.88. The Hall–Kier alpha value is -2.34. The van der Waals surface area contributed by atoms with E-state index in [1.807, 2.05) is 56.3 Å². The second-order valence-electron chi connectivity index (χ2n) is 8.65. The Kier molecular flexibility index (Phi) is 8.74. The lowest BCUT2D eigenvalue weighted by Crippen LogP contribution is -2.51. The van der Waals surface area contributed by atoms with Crippen molar-refractivity contribution in [3.8, 4) is 5.75 Å². The molecule has 0 spiro atoms. The maximum Gasteiger partial charge on any atom is 0.261 e. The van der Waals surface area contributed by atoms with Gasteiger partial charge in [0.15, 0.2) is 6.61 Å². The summed E-state index contributed by atoms with van der Waals surface area (Å²) in [5.74, 6) is 0.379. The van der Waals surface area contributed by atoms with Crippen molar-refractivity contribution in [2.45, 2.75) is 65.0 Å². The molecule has 2 aromatic carbocycles. The highest BCUT2D eigenvalue weighted by Gasteiger charge is 2.28. The van der Waals surface area contributed by atoms with Crippen molar-refractivity contribution in [2.24, 2.45) is 0 Å². The van der Waals surface area contributed by atoms with Gasteiger partial charge in [0.1, 0.15) is 11.8 Å². The number of nitrogens with zero attached hydrogens (tertiary/aromatic N) is 1. The standard InChI is InChI=1S/C26H33BrN2O3/c1-18-15-23(16-19(2)25(18)27)32-17-24(30)29(14-13-21-9-5-4-6-10-21)20(3)26(31)28-22-11-7-8-12-22/h4-6,9-10,15-16,20,22H,7-8,11-14,17H2,1-3H3,(H,28,31)/t20-/m0/s1. The summed E-state index contributed by atoms with van der Waals surface area (Å²) in [5.41, 5.74) is 3.24. The van der Waals surface area contributed by atoms with Gasteiger partial charge in [-0.1, -0.05) is 59.1 Å². The van der Waals surface area contributed by atoms with E-state index in [2.05, 4.69) is 21.2 Å². The van der Waals surface area contributed by atoms with E-state index in [1.165, 1.54) is 0 Å². The molecule has 2 aromatic rings. The molecule has 0 heterocycles. The SMILES string of the molecule is Cc1cc(OCC(=O)N(CCc2ccccc2)[C@@H](C)C(=O)NC2CCCC2)cc(C)c1Br. The summed E-state index contributed by atoms with van der Waals surface area (Å²) in [7, 11) is 0. The zero-order valence-electron chi connectivity index (χ0n) is 19.2. The number of nitrogens with one attached hydrogen (secondary N) is 1. The fourth-order valence-electron chi connectivity index (χ4n) is 4.18. The van der Waals surface area contributed by atoms with Gasteiger partial charge in [-0.3, -0.25) is 9.59 Å². The van der Waals surface area contributed by atoms with Crippen molar-refractivity contribution in [3.05, 3.63) is 63.6 Å². The summed E-state index contributed by atoms with van der Waals surface area (Å²) in [6.07, 6.45) is 5.01. The zero-order valence-corrected chi connectivity index (χ0v) is 20.8. The van der Waals surface area contributed by atoms with Crippen molar-refractivity contribution in [2.75, 3.05) is 13.2 Å². The fourth-order valence-corrected chi connectivity index (χ4v) is 4.41. The minimum Gasteiger partial charge on any atom is -0.484 e. The van der Waals surface area contributed by atoms with E-state index in [1.54, 1.807) is 11.8 Å². The molecule has 172 valence electrons. The lowest BCUT2D eigenvalue weighted by atomic mass is 10.1. The van der Waals surface area contributed by atoms with Crippen LogP contribution >= 0.6 is 15.9 Å². The Bertz CT molecular complexity index is 903. The molecule has 1 aliphatic carbocycles. The van der Waals surface area contributed by atoms with Crippen molar-refractivity contribution in [1.29, 1.82) is 0 Å². The number of carbonyl (C=O) groups excluding carboxylic acids is 2. The van der Waals surface area contributed by atoms with Gasteiger partial charge in [0, 0.05) is 17.1 Å². The summed E-state index contributed by atoms with van der Waals surface area (Å²) >= 11 is 3.55. The van der Waals surface area contributed by atoms with Crippen LogP contribution in [0.25, 0.3) is 0 Å². The number of rotatable bonds is 9. The Labute approximate surface area is 199 Å². The minimum atomic E-state index is -0.552. The molecule has 1 aliphatic rings. The van der Waals surface area contributed by atoms with Crippen LogP contribution in [-0.2, 0) is 16.0 Å². The number of ether oxygens (including phenoxy) is 1. The van der Waals surface area contributed by atoms with Gasteiger partial charge < -0.3 is 15.0 Å². The maximum absolute atomic E-state index is 13.2. The Balaban J connectivity index is 1.68. The Morgan fingerprint density at radius 2 is 1.75 bits per heavy atom. The molecule has 0 saturated heterocycles. The lowest BCUT2D eigenvalue weighted by Gasteiger charge is -2.29. The molecular formula is C26H33BrN2O3. The van der Waals surface area contributed by atoms with Crippen molar-refractivity contribution >= 4 is 27.7 Å². The number of aryl methyl sites for hydroxylation is 2. The molecule has 0 aromatic heterocycles. The normalized spacial score (nSPS) is 14.8. The van der Waals surface area contributed by atoms with Gasteiger partial charge in [0.25, 0.3) is 5.91 Å². The van der Waals surface area contributed by atoms with Gasteiger partial charge in [-0.25, -0.2) is 0 Å². The van der Waals surface area contributed by atoms with Crippen LogP contribution in [0.3, 0.4) is 0 Å². The molecule has 0 unspecified atom stereocenters. The number of benzene rings is 2. The second-order valence-corrected chi connectivity index (χ2v) is 9.44. The third-order valence-corrected chi connectivity index (χ3v) is 7.38. The topological polar surface area (TPSA) is 58.6 Å². The second kappa shape index (κ2) is 11.5. The van der Waals surface area contributed by atoms with Crippen molar-refractivity contribution in [3.63, 3.8) is 0 Å². The molecule has 0 bridgehead atoms. The molecule has 0 aliphatic heterocycles. The van der Waals surface area contributed by atoms with Crippen LogP contribution in [-0.4, -0.2) is 41.9 Å². The molecule has 1 atom stereocenters. The summed E-state index contributed by atoms with van der Waals surface area (Å²) in [6, 6.07) is 13.5. The first-order chi connectivity index (χ1) is 15.3. The van der Waals surface area contributed by atoms with E-state index in [0.717, 1.165) is 46.8 Å². The van der Waals surface area contributed by atoms with E-state index >= 15 is 0 Å². The average Bonchev–Trinajstić information content (AvgIpc) is 3.29. The first-order valence-corrected chi connectivity index (χ1v) is 12.2. The van der Waals surface area contributed by atoms with E-state index in [9.17, 15) is 9.59 Å². The van der Waals surface area contributed by atoms with Crippen LogP contribution in [0.15, 0.2) is 46.9 Å². The van der Waals surface area contributed by atoms with Crippen LogP contribution < -0.4 is 10.1 Å². The molecule has 2 amide bonds. The summed E-state index contributed by atoms with van der Waals surface area (Å²) in [6.45, 7) is 6.15. The average molecular weight is 501 g/mol. The summed E-state index contributed by atoms with van der Waals surface area (Å²) in [5, 5.41) is 3.13. The number of carbonyl (C=O) groups is 2. The maximum atomic E-state index is 13.2. The first-order valence-electron chi connectivity index (χ1n) is 11.4. The highest BCUT2D eigenvalue weighted by molar-refractivity contribution is 9.10. The third kappa shape index (κ3) is 6.58. The van der Waals surface area contributed by atoms with Crippen LogP contribution in [0.1, 0.15) is 49.3 Å². The minimum absolute atomic E-state index is 0.0892. The first kappa shape index (κ1) is 24.3. The number of halogens is 1. The number of amides is 2. The number of hydrogen-bond acceptors (Lipinski definition) is 3. The highest BCUT2D eigenvalue weighted by Crippen LogP contribution is 2.26. The Morgan fingerprint density at radius 3 is 2.38 bits per heavy atom. The van der Waals surface area contributed by atoms with Crippen LogP contribution in [0.4, 0.5) is 0 Å². The largest absolute Gasteiger partial charge is 0.484 e. The molecular weight excluding hydrogens is 468 g/mol.